The van der Waals surface area contributed by atoms with Crippen LogP contribution in [0, 0.1) is 13.8 Å². The summed E-state index contributed by atoms with van der Waals surface area (Å²) in [6.45, 7) is 6.03. The van der Waals surface area contributed by atoms with Gasteiger partial charge in [-0.25, -0.2) is 4.79 Å². The molecule has 1 aromatic rings. The number of aliphatic carboxylic acids is 1. The molecule has 0 fully saturated rings. The van der Waals surface area contributed by atoms with Gasteiger partial charge in [0.1, 0.15) is 0 Å². The zero-order valence-electron chi connectivity index (χ0n) is 8.72. The van der Waals surface area contributed by atoms with Gasteiger partial charge in [-0.3, -0.25) is 0 Å². The maximum Gasteiger partial charge on any atom is 0.328 e. The van der Waals surface area contributed by atoms with E-state index in [0.29, 0.717) is 0 Å². The van der Waals surface area contributed by atoms with E-state index in [2.05, 4.69) is 11.9 Å². The summed E-state index contributed by atoms with van der Waals surface area (Å²) in [5, 5.41) is 8.52. The van der Waals surface area contributed by atoms with Crippen molar-refractivity contribution in [1.29, 1.82) is 0 Å². The average Bonchev–Trinajstić information content (AvgIpc) is 2.39. The largest absolute Gasteiger partial charge is 0.478 e. The molecule has 1 heterocycles. The van der Waals surface area contributed by atoms with Crippen LogP contribution in [0.5, 0.6) is 0 Å². The van der Waals surface area contributed by atoms with Crippen LogP contribution in [0.15, 0.2) is 6.08 Å². The highest BCUT2D eigenvalue weighted by Crippen LogP contribution is 2.19. The summed E-state index contributed by atoms with van der Waals surface area (Å²) in [7, 11) is 0. The topological polar surface area (TPSA) is 53.1 Å². The first kappa shape index (κ1) is 10.6. The molecule has 0 amide bonds. The first-order valence-electron chi connectivity index (χ1n) is 4.65. The molecule has 2 N–H and O–H groups in total. The minimum atomic E-state index is -0.914. The number of nitrogens with one attached hydrogen (secondary N) is 1. The number of carbonyl (C=O) groups is 1. The lowest BCUT2D eigenvalue weighted by molar-refractivity contribution is -0.131. The van der Waals surface area contributed by atoms with E-state index in [1.807, 2.05) is 13.8 Å². The van der Waals surface area contributed by atoms with Crippen LogP contribution in [0.4, 0.5) is 0 Å². The lowest BCUT2D eigenvalue weighted by atomic mass is 10.1. The number of rotatable bonds is 3. The van der Waals surface area contributed by atoms with E-state index in [4.69, 9.17) is 5.11 Å². The number of carboxylic acid groups (broad SMARTS) is 1. The number of aryl methyl sites for hydroxylation is 2. The standard InChI is InChI=1S/C11H15NO2/c1-4-10-7(2)9(8(3)12-10)5-6-11(13)14/h5-6,12H,4H2,1-3H3,(H,13,14)/b6-5+. The lowest BCUT2D eigenvalue weighted by Gasteiger charge is -1.94. The van der Waals surface area contributed by atoms with Crippen LogP contribution in [-0.4, -0.2) is 16.1 Å². The summed E-state index contributed by atoms with van der Waals surface area (Å²) in [4.78, 5) is 13.6. The van der Waals surface area contributed by atoms with Gasteiger partial charge < -0.3 is 10.1 Å². The van der Waals surface area contributed by atoms with Crippen LogP contribution in [0.25, 0.3) is 6.08 Å². The number of hydrogen-bond acceptors (Lipinski definition) is 1. The number of carboxylic acids is 1. The monoisotopic (exact) mass is 193 g/mol. The predicted molar refractivity (Wildman–Crippen MR) is 56.3 cm³/mol. The Morgan fingerprint density at radius 3 is 2.57 bits per heavy atom. The fourth-order valence-electron chi connectivity index (χ4n) is 1.59. The van der Waals surface area contributed by atoms with Crippen LogP contribution < -0.4 is 0 Å². The van der Waals surface area contributed by atoms with Gasteiger partial charge in [-0.15, -0.1) is 0 Å². The summed E-state index contributed by atoms with van der Waals surface area (Å²) in [5.74, 6) is -0.914. The zero-order chi connectivity index (χ0) is 10.7. The molecule has 0 spiro atoms. The van der Waals surface area contributed by atoms with Gasteiger partial charge in [0, 0.05) is 17.5 Å². The fraction of sp³-hybridized carbons (Fsp3) is 0.364. The molecule has 3 nitrogen and oxygen atoms in total. The van der Waals surface area contributed by atoms with Gasteiger partial charge in [-0.05, 0) is 37.5 Å². The summed E-state index contributed by atoms with van der Waals surface area (Å²) >= 11 is 0. The van der Waals surface area contributed by atoms with Crippen LogP contribution in [0.3, 0.4) is 0 Å². The van der Waals surface area contributed by atoms with E-state index in [-0.39, 0.29) is 0 Å². The molecule has 0 aliphatic rings. The number of aromatic nitrogens is 1. The molecule has 14 heavy (non-hydrogen) atoms. The molecule has 0 unspecified atom stereocenters. The highest BCUT2D eigenvalue weighted by atomic mass is 16.4. The fourth-order valence-corrected chi connectivity index (χ4v) is 1.59. The molecule has 1 rings (SSSR count). The van der Waals surface area contributed by atoms with E-state index in [0.717, 1.165) is 23.2 Å². The molecule has 0 bridgehead atoms. The molecule has 0 saturated carbocycles. The highest BCUT2D eigenvalue weighted by molar-refractivity contribution is 5.86. The number of H-pyrrole nitrogens is 1. The summed E-state index contributed by atoms with van der Waals surface area (Å²) in [6.07, 6.45) is 3.75. The van der Waals surface area contributed by atoms with Crippen molar-refractivity contribution < 1.29 is 9.90 Å². The van der Waals surface area contributed by atoms with Gasteiger partial charge in [0.15, 0.2) is 0 Å². The number of hydrogen-bond donors (Lipinski definition) is 2. The van der Waals surface area contributed by atoms with Gasteiger partial charge in [0.05, 0.1) is 0 Å². The molecular formula is C11H15NO2. The molecule has 0 radical (unpaired) electrons. The zero-order valence-corrected chi connectivity index (χ0v) is 8.72. The van der Waals surface area contributed by atoms with Gasteiger partial charge in [-0.1, -0.05) is 6.92 Å². The van der Waals surface area contributed by atoms with Crippen LogP contribution in [0.1, 0.15) is 29.4 Å². The van der Waals surface area contributed by atoms with Crippen LogP contribution in [-0.2, 0) is 11.2 Å². The van der Waals surface area contributed by atoms with Crippen molar-refractivity contribution in [1.82, 2.24) is 4.98 Å². The molecule has 0 saturated heterocycles. The van der Waals surface area contributed by atoms with Crippen molar-refractivity contribution >= 4 is 12.0 Å². The molecule has 0 aromatic carbocycles. The third-order valence-electron chi connectivity index (χ3n) is 2.35. The molecule has 0 atom stereocenters. The second kappa shape index (κ2) is 4.13. The summed E-state index contributed by atoms with van der Waals surface area (Å²) < 4.78 is 0. The smallest absolute Gasteiger partial charge is 0.328 e. The quantitative estimate of drug-likeness (QED) is 0.723. The van der Waals surface area contributed by atoms with Crippen molar-refractivity contribution in [2.75, 3.05) is 0 Å². The maximum absolute atomic E-state index is 10.4. The third kappa shape index (κ3) is 2.05. The van der Waals surface area contributed by atoms with Gasteiger partial charge >= 0.3 is 5.97 Å². The van der Waals surface area contributed by atoms with E-state index >= 15 is 0 Å². The second-order valence-electron chi connectivity index (χ2n) is 3.29. The third-order valence-corrected chi connectivity index (χ3v) is 2.35. The van der Waals surface area contributed by atoms with Crippen molar-refractivity contribution in [3.8, 4) is 0 Å². The van der Waals surface area contributed by atoms with E-state index < -0.39 is 5.97 Å². The Balaban J connectivity index is 3.08. The number of aromatic amines is 1. The predicted octanol–water partition coefficient (Wildman–Crippen LogP) is 2.29. The van der Waals surface area contributed by atoms with Crippen LogP contribution >= 0.6 is 0 Å². The van der Waals surface area contributed by atoms with E-state index in [1.54, 1.807) is 6.08 Å². The van der Waals surface area contributed by atoms with Gasteiger partial charge in [-0.2, -0.15) is 0 Å². The normalized spacial score (nSPS) is 11.1. The van der Waals surface area contributed by atoms with Gasteiger partial charge in [0.25, 0.3) is 0 Å². The minimum Gasteiger partial charge on any atom is -0.478 e. The van der Waals surface area contributed by atoms with Crippen molar-refractivity contribution in [3.05, 3.63) is 28.6 Å². The first-order valence-corrected chi connectivity index (χ1v) is 4.65. The molecule has 0 aliphatic heterocycles. The van der Waals surface area contributed by atoms with Crippen LogP contribution in [0.2, 0.25) is 0 Å². The van der Waals surface area contributed by atoms with Crippen molar-refractivity contribution in [2.45, 2.75) is 27.2 Å². The van der Waals surface area contributed by atoms with E-state index in [9.17, 15) is 4.79 Å². The molecule has 1 aromatic heterocycles. The minimum absolute atomic E-state index is 0.914. The Bertz CT molecular complexity index is 375. The van der Waals surface area contributed by atoms with Gasteiger partial charge in [0.2, 0.25) is 0 Å². The first-order chi connectivity index (χ1) is 6.56. The summed E-state index contributed by atoms with van der Waals surface area (Å²) in [5.41, 5.74) is 4.33. The van der Waals surface area contributed by atoms with E-state index in [1.165, 1.54) is 11.8 Å². The maximum atomic E-state index is 10.4. The Morgan fingerprint density at radius 1 is 1.50 bits per heavy atom. The molecule has 3 heteroatoms. The Kier molecular flexibility index (Phi) is 3.12. The summed E-state index contributed by atoms with van der Waals surface area (Å²) in [6, 6.07) is 0. The van der Waals surface area contributed by atoms with Crippen molar-refractivity contribution in [2.24, 2.45) is 0 Å². The average molecular weight is 193 g/mol. The highest BCUT2D eigenvalue weighted by Gasteiger charge is 2.07. The molecular weight excluding hydrogens is 178 g/mol. The van der Waals surface area contributed by atoms with Crippen molar-refractivity contribution in [3.63, 3.8) is 0 Å². The molecule has 0 aliphatic carbocycles. The SMILES string of the molecule is CCc1[nH]c(C)c(/C=C/C(=O)O)c1C. The second-order valence-corrected chi connectivity index (χ2v) is 3.29. The Labute approximate surface area is 83.5 Å². The Hall–Kier alpha value is -1.51. The lowest BCUT2D eigenvalue weighted by Crippen LogP contribution is -1.87. The molecule has 76 valence electrons. The Morgan fingerprint density at radius 2 is 2.14 bits per heavy atom.